The van der Waals surface area contributed by atoms with Crippen LogP contribution in [0.4, 0.5) is 4.79 Å². The van der Waals surface area contributed by atoms with Crippen molar-refractivity contribution in [3.63, 3.8) is 0 Å². The molecule has 0 aliphatic rings. The lowest BCUT2D eigenvalue weighted by molar-refractivity contribution is -0.139. The van der Waals surface area contributed by atoms with Crippen molar-refractivity contribution in [1.29, 1.82) is 0 Å². The molecule has 0 saturated heterocycles. The molecule has 160 valence electrons. The Hall–Kier alpha value is -3.00. The van der Waals surface area contributed by atoms with Gasteiger partial charge in [-0.1, -0.05) is 60.7 Å². The Morgan fingerprint density at radius 2 is 1.57 bits per heavy atom. The van der Waals surface area contributed by atoms with Crippen LogP contribution in [0.5, 0.6) is 0 Å². The van der Waals surface area contributed by atoms with Gasteiger partial charge in [0.1, 0.15) is 18.7 Å². The first-order valence-electron chi connectivity index (χ1n) is 9.56. The Morgan fingerprint density at radius 3 is 2.10 bits per heavy atom. The number of nitrogens with one attached hydrogen (secondary N) is 2. The third kappa shape index (κ3) is 6.81. The highest BCUT2D eigenvalue weighted by atomic mass is 32.1. The first kappa shape index (κ1) is 23.3. The van der Waals surface area contributed by atoms with E-state index in [0.717, 1.165) is 11.1 Å². The minimum Gasteiger partial charge on any atom is -0.445 e. The molecule has 2 aromatic carbocycles. The Kier molecular flexibility index (Phi) is 9.21. The van der Waals surface area contributed by atoms with E-state index < -0.39 is 24.1 Å². The normalized spacial score (nSPS) is 12.4. The van der Waals surface area contributed by atoms with E-state index >= 15 is 0 Å². The number of carbonyl (C=O) groups is 3. The molecule has 0 saturated carbocycles. The molecule has 2 aromatic rings. The largest absolute Gasteiger partial charge is 0.445 e. The quantitative estimate of drug-likeness (QED) is 0.532. The topological polar surface area (TPSA) is 87.7 Å². The van der Waals surface area contributed by atoms with Gasteiger partial charge in [0, 0.05) is 26.3 Å². The molecule has 2 N–H and O–H groups in total. The predicted molar refractivity (Wildman–Crippen MR) is 118 cm³/mol. The van der Waals surface area contributed by atoms with Crippen LogP contribution in [0.2, 0.25) is 0 Å². The Morgan fingerprint density at radius 1 is 1.00 bits per heavy atom. The van der Waals surface area contributed by atoms with Gasteiger partial charge in [0.25, 0.3) is 0 Å². The summed E-state index contributed by atoms with van der Waals surface area (Å²) in [5.41, 5.74) is 1.75. The van der Waals surface area contributed by atoms with Gasteiger partial charge in [-0.05, 0) is 11.1 Å². The fourth-order valence-electron chi connectivity index (χ4n) is 2.90. The van der Waals surface area contributed by atoms with E-state index in [4.69, 9.17) is 4.74 Å². The number of hydrogen-bond acceptors (Lipinski definition) is 5. The van der Waals surface area contributed by atoms with Crippen molar-refractivity contribution in [2.24, 2.45) is 0 Å². The van der Waals surface area contributed by atoms with Crippen molar-refractivity contribution in [1.82, 2.24) is 15.5 Å². The number of ether oxygens (including phenoxy) is 1. The number of alkyl carbamates (subject to hydrolysis) is 1. The minimum atomic E-state index is -0.926. The number of nitrogens with zero attached hydrogens (tertiary/aromatic N) is 1. The fourth-order valence-corrected chi connectivity index (χ4v) is 3.15. The molecule has 30 heavy (non-hydrogen) atoms. The van der Waals surface area contributed by atoms with E-state index in [9.17, 15) is 14.4 Å². The first-order chi connectivity index (χ1) is 14.5. The number of hydrogen-bond donors (Lipinski definition) is 3. The van der Waals surface area contributed by atoms with Crippen LogP contribution in [0.25, 0.3) is 0 Å². The highest BCUT2D eigenvalue weighted by Gasteiger charge is 2.31. The SMILES string of the molecule is CNC(=O)[C@H](Cc1ccccc1)N(C)C(=O)[C@H](CS)NC(=O)OCc1ccccc1. The summed E-state index contributed by atoms with van der Waals surface area (Å²) in [7, 11) is 3.06. The number of carbonyl (C=O) groups excluding carboxylic acids is 3. The minimum absolute atomic E-state index is 0.0649. The van der Waals surface area contributed by atoms with Crippen LogP contribution in [0.15, 0.2) is 60.7 Å². The molecule has 2 rings (SSSR count). The van der Waals surface area contributed by atoms with Crippen LogP contribution >= 0.6 is 12.6 Å². The van der Waals surface area contributed by atoms with Crippen LogP contribution in [0.3, 0.4) is 0 Å². The Bertz CT molecular complexity index is 833. The van der Waals surface area contributed by atoms with Crippen LogP contribution in [0, 0.1) is 0 Å². The molecule has 0 radical (unpaired) electrons. The Labute approximate surface area is 182 Å². The summed E-state index contributed by atoms with van der Waals surface area (Å²) in [6.07, 6.45) is -0.375. The van der Waals surface area contributed by atoms with Crippen LogP contribution in [0.1, 0.15) is 11.1 Å². The summed E-state index contributed by atoms with van der Waals surface area (Å²) in [6.45, 7) is 0.0882. The molecule has 0 bridgehead atoms. The zero-order valence-corrected chi connectivity index (χ0v) is 18.0. The number of rotatable bonds is 9. The zero-order valence-electron chi connectivity index (χ0n) is 17.1. The molecule has 3 amide bonds. The van der Waals surface area contributed by atoms with Gasteiger partial charge in [-0.2, -0.15) is 12.6 Å². The molecule has 2 atom stereocenters. The van der Waals surface area contributed by atoms with Crippen molar-refractivity contribution >= 4 is 30.5 Å². The molecule has 0 fully saturated rings. The molecule has 0 aromatic heterocycles. The molecule has 0 aliphatic heterocycles. The second-order valence-corrected chi connectivity index (χ2v) is 7.08. The molecular formula is C22H27N3O4S. The van der Waals surface area contributed by atoms with Crippen molar-refractivity contribution in [3.05, 3.63) is 71.8 Å². The maximum absolute atomic E-state index is 13.0. The van der Waals surface area contributed by atoms with Crippen molar-refractivity contribution in [2.75, 3.05) is 19.8 Å². The lowest BCUT2D eigenvalue weighted by atomic mass is 10.0. The summed E-state index contributed by atoms with van der Waals surface area (Å²) >= 11 is 4.19. The summed E-state index contributed by atoms with van der Waals surface area (Å²) in [6, 6.07) is 17.0. The van der Waals surface area contributed by atoms with Crippen LogP contribution in [-0.2, 0) is 27.4 Å². The first-order valence-corrected chi connectivity index (χ1v) is 10.2. The smallest absolute Gasteiger partial charge is 0.408 e. The average molecular weight is 430 g/mol. The highest BCUT2D eigenvalue weighted by Crippen LogP contribution is 2.11. The van der Waals surface area contributed by atoms with E-state index in [2.05, 4.69) is 23.3 Å². The van der Waals surface area contributed by atoms with E-state index in [0.29, 0.717) is 6.42 Å². The standard InChI is InChI=1S/C22H27N3O4S/c1-23-20(26)19(13-16-9-5-3-6-10-16)25(2)21(27)18(15-30)24-22(28)29-14-17-11-7-4-8-12-17/h3-12,18-19,30H,13-15H2,1-2H3,(H,23,26)(H,24,28)/t18-,19-/m0/s1. The van der Waals surface area contributed by atoms with Gasteiger partial charge in [0.2, 0.25) is 11.8 Å². The van der Waals surface area contributed by atoms with E-state index in [1.54, 1.807) is 7.05 Å². The molecule has 0 spiro atoms. The van der Waals surface area contributed by atoms with Gasteiger partial charge in [-0.3, -0.25) is 9.59 Å². The molecule has 7 nitrogen and oxygen atoms in total. The Balaban J connectivity index is 2.01. The van der Waals surface area contributed by atoms with Crippen LogP contribution < -0.4 is 10.6 Å². The number of benzene rings is 2. The van der Waals surface area contributed by atoms with Gasteiger partial charge in [0.15, 0.2) is 0 Å². The van der Waals surface area contributed by atoms with E-state index in [-0.39, 0.29) is 18.3 Å². The second-order valence-electron chi connectivity index (χ2n) is 6.71. The summed E-state index contributed by atoms with van der Waals surface area (Å²) in [4.78, 5) is 38.9. The monoisotopic (exact) mass is 429 g/mol. The third-order valence-corrected chi connectivity index (χ3v) is 4.99. The maximum Gasteiger partial charge on any atom is 0.408 e. The third-order valence-electron chi connectivity index (χ3n) is 4.62. The lowest BCUT2D eigenvalue weighted by Gasteiger charge is -2.30. The van der Waals surface area contributed by atoms with Crippen molar-refractivity contribution in [3.8, 4) is 0 Å². The zero-order chi connectivity index (χ0) is 21.9. The van der Waals surface area contributed by atoms with Crippen molar-refractivity contribution in [2.45, 2.75) is 25.1 Å². The number of thiol groups is 1. The molecule has 8 heteroatoms. The summed E-state index contributed by atoms with van der Waals surface area (Å²) in [5.74, 6) is -0.652. The van der Waals surface area contributed by atoms with Gasteiger partial charge in [-0.15, -0.1) is 0 Å². The summed E-state index contributed by atoms with van der Waals surface area (Å²) < 4.78 is 5.18. The van der Waals surface area contributed by atoms with Gasteiger partial charge >= 0.3 is 6.09 Å². The number of likely N-dealkylation sites (N-methyl/N-ethyl adjacent to an activating group) is 2. The predicted octanol–water partition coefficient (Wildman–Crippen LogP) is 2.03. The van der Waals surface area contributed by atoms with Gasteiger partial charge in [-0.25, -0.2) is 4.79 Å². The second kappa shape index (κ2) is 11.9. The average Bonchev–Trinajstić information content (AvgIpc) is 2.79. The van der Waals surface area contributed by atoms with E-state index in [1.165, 1.54) is 11.9 Å². The molecule has 0 aliphatic carbocycles. The highest BCUT2D eigenvalue weighted by molar-refractivity contribution is 7.80. The summed E-state index contributed by atoms with van der Waals surface area (Å²) in [5, 5.41) is 5.13. The lowest BCUT2D eigenvalue weighted by Crippen LogP contribution is -2.55. The molecule has 0 heterocycles. The number of amides is 3. The maximum atomic E-state index is 13.0. The molecule has 0 unspecified atom stereocenters. The van der Waals surface area contributed by atoms with Crippen LogP contribution in [-0.4, -0.2) is 54.7 Å². The fraction of sp³-hybridized carbons (Fsp3) is 0.318. The van der Waals surface area contributed by atoms with E-state index in [1.807, 2.05) is 60.7 Å². The van der Waals surface area contributed by atoms with Gasteiger partial charge in [0.05, 0.1) is 0 Å². The van der Waals surface area contributed by atoms with Gasteiger partial charge < -0.3 is 20.3 Å². The molecular weight excluding hydrogens is 402 g/mol. The van der Waals surface area contributed by atoms with Crippen molar-refractivity contribution < 1.29 is 19.1 Å².